The third kappa shape index (κ3) is 4.35. The monoisotopic (exact) mass is 310 g/mol. The molecule has 0 aromatic heterocycles. The Morgan fingerprint density at radius 3 is 2.52 bits per heavy atom. The molecular formula is C16H23ClN2O2. The molecule has 0 radical (unpaired) electrons. The molecule has 1 fully saturated rings. The molecule has 5 heteroatoms. The van der Waals surface area contributed by atoms with Gasteiger partial charge < -0.3 is 15.4 Å². The molecule has 0 saturated carbocycles. The summed E-state index contributed by atoms with van der Waals surface area (Å²) in [5.41, 5.74) is 6.86. The summed E-state index contributed by atoms with van der Waals surface area (Å²) in [4.78, 5) is 13.9. The number of piperidine rings is 1. The van der Waals surface area contributed by atoms with E-state index >= 15 is 0 Å². The predicted octanol–water partition coefficient (Wildman–Crippen LogP) is 3.39. The van der Waals surface area contributed by atoms with E-state index in [2.05, 4.69) is 0 Å². The minimum atomic E-state index is -0.480. The van der Waals surface area contributed by atoms with Crippen molar-refractivity contribution >= 4 is 17.7 Å². The molecule has 2 N–H and O–H groups in total. The van der Waals surface area contributed by atoms with Gasteiger partial charge in [-0.05, 0) is 44.9 Å². The lowest BCUT2D eigenvalue weighted by atomic mass is 9.87. The highest BCUT2D eigenvalue weighted by Gasteiger charge is 2.32. The van der Waals surface area contributed by atoms with E-state index in [0.29, 0.717) is 18.1 Å². The second-order valence-electron chi connectivity index (χ2n) is 6.54. The number of ether oxygens (including phenoxy) is 1. The zero-order valence-corrected chi connectivity index (χ0v) is 13.6. The van der Waals surface area contributed by atoms with Crippen LogP contribution in [0.5, 0.6) is 0 Å². The van der Waals surface area contributed by atoms with E-state index < -0.39 is 5.60 Å². The number of amides is 1. The Morgan fingerprint density at radius 1 is 1.33 bits per heavy atom. The standard InChI is InChI=1S/C16H23ClN2O2/c1-16(2,3)21-15(20)19-9-8-14(18)13(10-19)11-4-6-12(17)7-5-11/h4-7,13-14H,8-10,18H2,1-3H3. The van der Waals surface area contributed by atoms with Crippen molar-refractivity contribution in [2.24, 2.45) is 5.73 Å². The zero-order chi connectivity index (χ0) is 15.6. The fourth-order valence-electron chi connectivity index (χ4n) is 2.53. The number of nitrogens with two attached hydrogens (primary N) is 1. The first-order valence-corrected chi connectivity index (χ1v) is 7.63. The first-order valence-electron chi connectivity index (χ1n) is 7.25. The average molecular weight is 311 g/mol. The van der Waals surface area contributed by atoms with Crippen molar-refractivity contribution in [3.8, 4) is 0 Å². The number of nitrogens with zero attached hydrogens (tertiary/aromatic N) is 1. The van der Waals surface area contributed by atoms with Gasteiger partial charge in [-0.25, -0.2) is 4.79 Å². The molecule has 116 valence electrons. The molecule has 2 rings (SSSR count). The van der Waals surface area contributed by atoms with E-state index in [9.17, 15) is 4.79 Å². The number of likely N-dealkylation sites (tertiary alicyclic amines) is 1. The highest BCUT2D eigenvalue weighted by molar-refractivity contribution is 6.30. The van der Waals surface area contributed by atoms with Crippen molar-refractivity contribution in [2.45, 2.75) is 44.8 Å². The van der Waals surface area contributed by atoms with E-state index in [1.54, 1.807) is 4.90 Å². The topological polar surface area (TPSA) is 55.6 Å². The van der Waals surface area contributed by atoms with Crippen LogP contribution in [0.4, 0.5) is 4.79 Å². The van der Waals surface area contributed by atoms with E-state index in [0.717, 1.165) is 12.0 Å². The van der Waals surface area contributed by atoms with Gasteiger partial charge in [0.2, 0.25) is 0 Å². The smallest absolute Gasteiger partial charge is 0.410 e. The van der Waals surface area contributed by atoms with E-state index in [4.69, 9.17) is 22.1 Å². The van der Waals surface area contributed by atoms with Crippen LogP contribution in [-0.4, -0.2) is 35.7 Å². The molecule has 2 unspecified atom stereocenters. The van der Waals surface area contributed by atoms with Crippen molar-refractivity contribution in [1.29, 1.82) is 0 Å². The second kappa shape index (κ2) is 6.24. The fraction of sp³-hybridized carbons (Fsp3) is 0.562. The summed E-state index contributed by atoms with van der Waals surface area (Å²) in [6.07, 6.45) is 0.500. The lowest BCUT2D eigenvalue weighted by Gasteiger charge is -2.37. The summed E-state index contributed by atoms with van der Waals surface area (Å²) in [7, 11) is 0. The molecule has 0 bridgehead atoms. The fourth-order valence-corrected chi connectivity index (χ4v) is 2.65. The summed E-state index contributed by atoms with van der Waals surface area (Å²) in [6, 6.07) is 7.72. The van der Waals surface area contributed by atoms with Crippen LogP contribution in [-0.2, 0) is 4.74 Å². The third-order valence-corrected chi connectivity index (χ3v) is 3.87. The minimum Gasteiger partial charge on any atom is -0.444 e. The molecule has 1 amide bonds. The van der Waals surface area contributed by atoms with Gasteiger partial charge in [0.05, 0.1) is 0 Å². The minimum absolute atomic E-state index is 0.0462. The summed E-state index contributed by atoms with van der Waals surface area (Å²) >= 11 is 5.92. The molecular weight excluding hydrogens is 288 g/mol. The van der Waals surface area contributed by atoms with Gasteiger partial charge >= 0.3 is 6.09 Å². The number of hydrogen-bond acceptors (Lipinski definition) is 3. The molecule has 0 aliphatic carbocycles. The van der Waals surface area contributed by atoms with Crippen molar-refractivity contribution in [3.05, 3.63) is 34.9 Å². The Kier molecular flexibility index (Phi) is 4.79. The van der Waals surface area contributed by atoms with Gasteiger partial charge in [0, 0.05) is 30.1 Å². The maximum Gasteiger partial charge on any atom is 0.410 e. The molecule has 4 nitrogen and oxygen atoms in total. The maximum absolute atomic E-state index is 12.2. The van der Waals surface area contributed by atoms with Gasteiger partial charge in [0.15, 0.2) is 0 Å². The Balaban J connectivity index is 2.09. The number of rotatable bonds is 1. The molecule has 21 heavy (non-hydrogen) atoms. The summed E-state index contributed by atoms with van der Waals surface area (Å²) in [6.45, 7) is 6.84. The largest absolute Gasteiger partial charge is 0.444 e. The van der Waals surface area contributed by atoms with Crippen LogP contribution < -0.4 is 5.73 Å². The maximum atomic E-state index is 12.2. The molecule has 1 aliphatic heterocycles. The Morgan fingerprint density at radius 2 is 1.95 bits per heavy atom. The highest BCUT2D eigenvalue weighted by Crippen LogP contribution is 2.28. The molecule has 1 aliphatic rings. The number of hydrogen-bond donors (Lipinski definition) is 1. The van der Waals surface area contributed by atoms with Gasteiger partial charge in [0.1, 0.15) is 5.60 Å². The van der Waals surface area contributed by atoms with Crippen LogP contribution in [0.25, 0.3) is 0 Å². The van der Waals surface area contributed by atoms with Crippen LogP contribution in [0, 0.1) is 0 Å². The Labute approximate surface area is 131 Å². The normalized spacial score (nSPS) is 23.0. The third-order valence-electron chi connectivity index (χ3n) is 3.62. The van der Waals surface area contributed by atoms with Gasteiger partial charge in [-0.15, -0.1) is 0 Å². The highest BCUT2D eigenvalue weighted by atomic mass is 35.5. The SMILES string of the molecule is CC(C)(C)OC(=O)N1CCC(N)C(c2ccc(Cl)cc2)C1. The van der Waals surface area contributed by atoms with Gasteiger partial charge in [-0.2, -0.15) is 0 Å². The van der Waals surface area contributed by atoms with Crippen molar-refractivity contribution in [2.75, 3.05) is 13.1 Å². The van der Waals surface area contributed by atoms with E-state index in [1.807, 2.05) is 45.0 Å². The first-order chi connectivity index (χ1) is 9.76. The van der Waals surface area contributed by atoms with E-state index in [1.165, 1.54) is 0 Å². The number of halogens is 1. The van der Waals surface area contributed by atoms with Crippen LogP contribution >= 0.6 is 11.6 Å². The molecule has 1 heterocycles. The predicted molar refractivity (Wildman–Crippen MR) is 84.6 cm³/mol. The van der Waals surface area contributed by atoms with Crippen LogP contribution in [0.15, 0.2) is 24.3 Å². The van der Waals surface area contributed by atoms with Crippen LogP contribution in [0.3, 0.4) is 0 Å². The van der Waals surface area contributed by atoms with Crippen molar-refractivity contribution < 1.29 is 9.53 Å². The molecule has 0 spiro atoms. The van der Waals surface area contributed by atoms with Gasteiger partial charge in [-0.3, -0.25) is 0 Å². The van der Waals surface area contributed by atoms with Gasteiger partial charge in [-0.1, -0.05) is 23.7 Å². The second-order valence-corrected chi connectivity index (χ2v) is 6.97. The number of carbonyl (C=O) groups is 1. The van der Waals surface area contributed by atoms with Crippen LogP contribution in [0.1, 0.15) is 38.7 Å². The Bertz CT molecular complexity index is 496. The number of carbonyl (C=O) groups excluding carboxylic acids is 1. The number of benzene rings is 1. The average Bonchev–Trinajstić information content (AvgIpc) is 2.38. The molecule has 2 atom stereocenters. The quantitative estimate of drug-likeness (QED) is 0.865. The summed E-state index contributed by atoms with van der Waals surface area (Å²) in [5, 5.41) is 0.701. The summed E-state index contributed by atoms with van der Waals surface area (Å²) in [5.74, 6) is 0.114. The first kappa shape index (κ1) is 16.1. The molecule has 1 aromatic carbocycles. The zero-order valence-electron chi connectivity index (χ0n) is 12.8. The summed E-state index contributed by atoms with van der Waals surface area (Å²) < 4.78 is 5.44. The van der Waals surface area contributed by atoms with Crippen LogP contribution in [0.2, 0.25) is 5.02 Å². The Hall–Kier alpha value is -1.26. The lowest BCUT2D eigenvalue weighted by molar-refractivity contribution is 0.0186. The van der Waals surface area contributed by atoms with Crippen molar-refractivity contribution in [1.82, 2.24) is 4.90 Å². The van der Waals surface area contributed by atoms with Gasteiger partial charge in [0.25, 0.3) is 0 Å². The molecule has 1 aromatic rings. The van der Waals surface area contributed by atoms with E-state index in [-0.39, 0.29) is 18.1 Å². The lowest BCUT2D eigenvalue weighted by Crippen LogP contribution is -2.49. The van der Waals surface area contributed by atoms with Crippen molar-refractivity contribution in [3.63, 3.8) is 0 Å². The molecule has 1 saturated heterocycles.